The molecule has 0 aliphatic carbocycles. The predicted octanol–water partition coefficient (Wildman–Crippen LogP) is 0.0370. The average Bonchev–Trinajstić information content (AvgIpc) is 1.96. The van der Waals surface area contributed by atoms with Crippen LogP contribution in [0.3, 0.4) is 0 Å². The minimum absolute atomic E-state index is 0. The largest absolute Gasteiger partial charge is 1.00 e. The molecule has 0 bridgehead atoms. The van der Waals surface area contributed by atoms with Crippen molar-refractivity contribution < 1.29 is 77.5 Å². The van der Waals surface area contributed by atoms with E-state index in [4.69, 9.17) is 0 Å². The molecule has 1 aromatic rings. The summed E-state index contributed by atoms with van der Waals surface area (Å²) in [4.78, 5) is 0. The van der Waals surface area contributed by atoms with Gasteiger partial charge in [-0.25, -0.2) is 13.2 Å². The minimum atomic E-state index is -5.30. The summed E-state index contributed by atoms with van der Waals surface area (Å²) in [5.74, 6) is -4.48. The molecule has 0 spiro atoms. The minimum Gasteiger partial charge on any atom is -0.449 e. The van der Waals surface area contributed by atoms with E-state index in [1.807, 2.05) is 0 Å². The zero-order valence-corrected chi connectivity index (χ0v) is 10.8. The van der Waals surface area contributed by atoms with E-state index in [2.05, 4.69) is 0 Å². The van der Waals surface area contributed by atoms with E-state index in [-0.39, 0.29) is 57.5 Å². The van der Waals surface area contributed by atoms with Crippen molar-refractivity contribution in [1.82, 2.24) is 0 Å². The van der Waals surface area contributed by atoms with Gasteiger partial charge < -0.3 is 12.9 Å². The summed E-state index contributed by atoms with van der Waals surface area (Å²) in [5.41, 5.74) is -1.00. The molecule has 0 saturated heterocycles. The molecule has 0 aromatic heterocycles. The van der Waals surface area contributed by atoms with Gasteiger partial charge in [-0.15, -0.1) is 0 Å². The fraction of sp³-hybridized carbons (Fsp3) is 0.143. The van der Waals surface area contributed by atoms with Crippen LogP contribution in [0.1, 0.15) is 5.56 Å². The molecule has 0 aliphatic heterocycles. The Balaban J connectivity index is 0.00000196. The van der Waals surface area contributed by atoms with Crippen molar-refractivity contribution in [2.75, 3.05) is 0 Å². The van der Waals surface area contributed by atoms with E-state index in [1.165, 1.54) is 0 Å². The molecule has 0 radical (unpaired) electrons. The van der Waals surface area contributed by atoms with Crippen molar-refractivity contribution in [1.29, 1.82) is 0 Å². The number of hydrogen-bond acceptors (Lipinski definition) is 0. The van der Waals surface area contributed by atoms with Crippen LogP contribution in [-0.2, 0) is 6.32 Å². The molecular formula is C7H4BF6K. The maximum atomic E-state index is 12.7. The molecule has 1 rings (SSSR count). The molecule has 0 amide bonds. The fourth-order valence-electron chi connectivity index (χ4n) is 1.01. The van der Waals surface area contributed by atoms with Crippen molar-refractivity contribution in [3.8, 4) is 0 Å². The summed E-state index contributed by atoms with van der Waals surface area (Å²) in [6.07, 6.45) is -1.62. The summed E-state index contributed by atoms with van der Waals surface area (Å²) < 4.78 is 73.0. The zero-order chi connectivity index (χ0) is 10.9. The molecule has 0 N–H and O–H groups in total. The standard InChI is InChI=1S/C7H4BF6.K/c9-5-1-4(3-8(12,13)14)7(11)6(10)2-5;/h1-2H,3H2;/q-1;+1. The molecular weight excluding hydrogens is 248 g/mol. The normalized spacial score (nSPS) is 11.1. The number of hydrogen-bond donors (Lipinski definition) is 0. The fourth-order valence-corrected chi connectivity index (χ4v) is 1.01. The molecule has 0 atom stereocenters. The van der Waals surface area contributed by atoms with E-state index < -0.39 is 36.3 Å². The summed E-state index contributed by atoms with van der Waals surface area (Å²) in [6, 6.07) is 0.538. The molecule has 0 fully saturated rings. The van der Waals surface area contributed by atoms with Gasteiger partial charge in [0.1, 0.15) is 5.82 Å². The Bertz CT molecular complexity index is 350. The van der Waals surface area contributed by atoms with E-state index in [0.29, 0.717) is 6.07 Å². The molecule has 0 nitrogen and oxygen atoms in total. The molecule has 0 heterocycles. The SMILES string of the molecule is Fc1cc(F)c(F)c(C[B-](F)(F)F)c1.[K+]. The van der Waals surface area contributed by atoms with E-state index in [9.17, 15) is 26.1 Å². The maximum Gasteiger partial charge on any atom is 1.00 e. The summed E-state index contributed by atoms with van der Waals surface area (Å²) >= 11 is 0. The van der Waals surface area contributed by atoms with Gasteiger partial charge in [-0.05, 0) is 11.6 Å². The van der Waals surface area contributed by atoms with Gasteiger partial charge in [0.2, 0.25) is 0 Å². The van der Waals surface area contributed by atoms with E-state index >= 15 is 0 Å². The Morgan fingerprint density at radius 2 is 1.53 bits per heavy atom. The van der Waals surface area contributed by atoms with Crippen LogP contribution in [-0.4, -0.2) is 6.98 Å². The van der Waals surface area contributed by atoms with Crippen molar-refractivity contribution in [3.05, 3.63) is 35.1 Å². The van der Waals surface area contributed by atoms with Gasteiger partial charge in [0.25, 0.3) is 0 Å². The first-order valence-electron chi connectivity index (χ1n) is 3.64. The molecule has 1 aromatic carbocycles. The van der Waals surface area contributed by atoms with E-state index in [0.717, 1.165) is 0 Å². The van der Waals surface area contributed by atoms with Crippen LogP contribution in [0.15, 0.2) is 12.1 Å². The first-order chi connectivity index (χ1) is 6.29. The third-order valence-electron chi connectivity index (χ3n) is 1.52. The van der Waals surface area contributed by atoms with Crippen LogP contribution < -0.4 is 51.4 Å². The molecule has 0 unspecified atom stereocenters. The van der Waals surface area contributed by atoms with Gasteiger partial charge in [0, 0.05) is 6.07 Å². The quantitative estimate of drug-likeness (QED) is 0.396. The smallest absolute Gasteiger partial charge is 0.449 e. The first-order valence-corrected chi connectivity index (χ1v) is 3.64. The summed E-state index contributed by atoms with van der Waals surface area (Å²) in [7, 11) is 0. The second-order valence-electron chi connectivity index (χ2n) is 2.78. The van der Waals surface area contributed by atoms with Crippen molar-refractivity contribution in [3.63, 3.8) is 0 Å². The maximum absolute atomic E-state index is 12.7. The monoisotopic (exact) mass is 252 g/mol. The van der Waals surface area contributed by atoms with Gasteiger partial charge in [-0.2, -0.15) is 0 Å². The Kier molecular flexibility index (Phi) is 5.91. The number of rotatable bonds is 2. The third-order valence-corrected chi connectivity index (χ3v) is 1.52. The number of halogens is 6. The Hall–Kier alpha value is 0.501. The topological polar surface area (TPSA) is 0 Å². The Morgan fingerprint density at radius 3 is 2.00 bits per heavy atom. The second kappa shape index (κ2) is 5.72. The van der Waals surface area contributed by atoms with Crippen molar-refractivity contribution >= 4 is 6.98 Å². The van der Waals surface area contributed by atoms with E-state index in [1.54, 1.807) is 0 Å². The Labute approximate surface area is 125 Å². The van der Waals surface area contributed by atoms with Crippen LogP contribution in [0.25, 0.3) is 0 Å². The van der Waals surface area contributed by atoms with Gasteiger partial charge in [0.15, 0.2) is 11.6 Å². The van der Waals surface area contributed by atoms with Crippen LogP contribution in [0.5, 0.6) is 0 Å². The number of benzene rings is 1. The average molecular weight is 252 g/mol. The van der Waals surface area contributed by atoms with Crippen molar-refractivity contribution in [2.45, 2.75) is 6.32 Å². The van der Waals surface area contributed by atoms with Crippen LogP contribution in [0.4, 0.5) is 26.1 Å². The van der Waals surface area contributed by atoms with Crippen LogP contribution in [0.2, 0.25) is 0 Å². The van der Waals surface area contributed by atoms with Crippen molar-refractivity contribution in [2.24, 2.45) is 0 Å². The van der Waals surface area contributed by atoms with Gasteiger partial charge in [-0.3, -0.25) is 0 Å². The molecule has 15 heavy (non-hydrogen) atoms. The molecule has 78 valence electrons. The van der Waals surface area contributed by atoms with Crippen LogP contribution >= 0.6 is 0 Å². The summed E-state index contributed by atoms with van der Waals surface area (Å²) in [6.45, 7) is -5.30. The van der Waals surface area contributed by atoms with Crippen LogP contribution in [0, 0.1) is 17.5 Å². The Morgan fingerprint density at radius 1 is 1.00 bits per heavy atom. The predicted molar refractivity (Wildman–Crippen MR) is 39.1 cm³/mol. The van der Waals surface area contributed by atoms with Gasteiger partial charge >= 0.3 is 58.4 Å². The van der Waals surface area contributed by atoms with Gasteiger partial charge in [0.05, 0.1) is 0 Å². The van der Waals surface area contributed by atoms with Gasteiger partial charge in [-0.1, -0.05) is 6.32 Å². The third kappa shape index (κ3) is 4.90. The first kappa shape index (κ1) is 15.5. The second-order valence-corrected chi connectivity index (χ2v) is 2.78. The molecule has 8 heteroatoms. The molecule has 0 saturated carbocycles. The molecule has 0 aliphatic rings. The summed E-state index contributed by atoms with van der Waals surface area (Å²) in [5, 5.41) is 0. The zero-order valence-electron chi connectivity index (χ0n) is 7.71.